The fourth-order valence-corrected chi connectivity index (χ4v) is 2.91. The Morgan fingerprint density at radius 1 is 1.25 bits per heavy atom. The molecule has 1 aliphatic rings. The molecule has 5 nitrogen and oxygen atoms in total. The molecule has 5 heteroatoms. The van der Waals surface area contributed by atoms with E-state index >= 15 is 0 Å². The Kier molecular flexibility index (Phi) is 6.05. The van der Waals surface area contributed by atoms with E-state index < -0.39 is 0 Å². The van der Waals surface area contributed by atoms with Gasteiger partial charge in [-0.15, -0.1) is 0 Å². The van der Waals surface area contributed by atoms with Crippen LogP contribution >= 0.6 is 0 Å². The first kappa shape index (κ1) is 15.0. The summed E-state index contributed by atoms with van der Waals surface area (Å²) in [6.07, 6.45) is 10.4. The van der Waals surface area contributed by atoms with Crippen molar-refractivity contribution in [3.05, 3.63) is 12.4 Å². The van der Waals surface area contributed by atoms with Gasteiger partial charge in [-0.25, -0.2) is 9.97 Å². The Morgan fingerprint density at radius 2 is 2.00 bits per heavy atom. The lowest BCUT2D eigenvalue weighted by molar-refractivity contribution is 0.396. The number of anilines is 1. The first-order valence-corrected chi connectivity index (χ1v) is 7.68. The Hall–Kier alpha value is -1.36. The van der Waals surface area contributed by atoms with E-state index in [1.54, 1.807) is 13.4 Å². The molecule has 1 heterocycles. The Morgan fingerprint density at radius 3 is 2.65 bits per heavy atom. The summed E-state index contributed by atoms with van der Waals surface area (Å²) in [6, 6.07) is 2.50. The molecule has 2 N–H and O–H groups in total. The Bertz CT molecular complexity index is 391. The van der Waals surface area contributed by atoms with Crippen molar-refractivity contribution < 1.29 is 4.74 Å². The van der Waals surface area contributed by atoms with Crippen LogP contribution in [-0.4, -0.2) is 36.2 Å². The maximum atomic E-state index is 5.69. The molecule has 0 unspecified atom stereocenters. The largest absolute Gasteiger partial charge is 0.481 e. The molecule has 0 aromatic carbocycles. The molecule has 0 amide bonds. The third-order valence-electron chi connectivity index (χ3n) is 4.00. The highest BCUT2D eigenvalue weighted by Crippen LogP contribution is 2.26. The summed E-state index contributed by atoms with van der Waals surface area (Å²) in [7, 11) is 1.64. The van der Waals surface area contributed by atoms with Crippen LogP contribution in [0.1, 0.15) is 44.9 Å². The zero-order chi connectivity index (χ0) is 14.2. The van der Waals surface area contributed by atoms with Gasteiger partial charge in [-0.2, -0.15) is 0 Å². The molecule has 0 radical (unpaired) electrons. The van der Waals surface area contributed by atoms with Gasteiger partial charge in [0, 0.05) is 18.7 Å². The van der Waals surface area contributed by atoms with Crippen LogP contribution in [0, 0.1) is 0 Å². The lowest BCUT2D eigenvalue weighted by Crippen LogP contribution is -2.37. The third kappa shape index (κ3) is 4.07. The monoisotopic (exact) mass is 278 g/mol. The summed E-state index contributed by atoms with van der Waals surface area (Å²) < 4.78 is 5.22. The fraction of sp³-hybridized carbons (Fsp3) is 0.733. The van der Waals surface area contributed by atoms with Gasteiger partial charge < -0.3 is 15.4 Å². The van der Waals surface area contributed by atoms with Gasteiger partial charge in [0.1, 0.15) is 12.1 Å². The van der Waals surface area contributed by atoms with Crippen LogP contribution in [0.2, 0.25) is 0 Å². The molecule has 1 aromatic heterocycles. The van der Waals surface area contributed by atoms with Gasteiger partial charge in [0.15, 0.2) is 0 Å². The highest BCUT2D eigenvalue weighted by Gasteiger charge is 2.21. The van der Waals surface area contributed by atoms with Crippen molar-refractivity contribution >= 4 is 5.82 Å². The van der Waals surface area contributed by atoms with Gasteiger partial charge in [0.25, 0.3) is 0 Å². The first-order chi connectivity index (χ1) is 9.85. The minimum Gasteiger partial charge on any atom is -0.481 e. The minimum absolute atomic E-state index is 0.573. The number of hydrogen-bond acceptors (Lipinski definition) is 5. The van der Waals surface area contributed by atoms with E-state index in [9.17, 15) is 0 Å². The quantitative estimate of drug-likeness (QED) is 0.809. The van der Waals surface area contributed by atoms with Gasteiger partial charge in [-0.3, -0.25) is 0 Å². The smallest absolute Gasteiger partial charge is 0.218 e. The van der Waals surface area contributed by atoms with Crippen LogP contribution in [0.3, 0.4) is 0 Å². The number of methoxy groups -OCH3 is 1. The second kappa shape index (κ2) is 8.04. The molecule has 1 aliphatic carbocycles. The fourth-order valence-electron chi connectivity index (χ4n) is 2.91. The molecule has 20 heavy (non-hydrogen) atoms. The van der Waals surface area contributed by atoms with Crippen LogP contribution in [0.5, 0.6) is 5.88 Å². The average Bonchev–Trinajstić information content (AvgIpc) is 2.77. The van der Waals surface area contributed by atoms with E-state index in [0.29, 0.717) is 18.5 Å². The van der Waals surface area contributed by atoms with E-state index in [0.717, 1.165) is 18.8 Å². The van der Waals surface area contributed by atoms with Crippen molar-refractivity contribution in [2.75, 3.05) is 25.1 Å². The second-order valence-corrected chi connectivity index (χ2v) is 5.40. The molecule has 1 aromatic rings. The molecule has 0 spiro atoms. The first-order valence-electron chi connectivity index (χ1n) is 7.68. The molecule has 0 atom stereocenters. The molecular formula is C15H26N4O. The van der Waals surface area contributed by atoms with E-state index in [1.807, 2.05) is 6.07 Å². The molecule has 0 bridgehead atoms. The molecule has 112 valence electrons. The highest BCUT2D eigenvalue weighted by atomic mass is 16.5. The van der Waals surface area contributed by atoms with Gasteiger partial charge in [-0.05, 0) is 25.8 Å². The standard InChI is InChI=1S/C15H26N4O/c1-20-15-11-14(17-12-18-15)19(10-6-9-16)13-7-4-2-3-5-8-13/h11-13H,2-10,16H2,1H3. The van der Waals surface area contributed by atoms with Gasteiger partial charge in [-0.1, -0.05) is 25.7 Å². The molecule has 1 fully saturated rings. The lowest BCUT2D eigenvalue weighted by atomic mass is 10.1. The maximum Gasteiger partial charge on any atom is 0.218 e. The SMILES string of the molecule is COc1cc(N(CCCN)C2CCCCCC2)ncn1. The van der Waals surface area contributed by atoms with E-state index in [4.69, 9.17) is 10.5 Å². The van der Waals surface area contributed by atoms with Crippen LogP contribution in [0.25, 0.3) is 0 Å². The summed E-state index contributed by atoms with van der Waals surface area (Å²) in [5, 5.41) is 0. The normalized spacial score (nSPS) is 16.7. The number of aromatic nitrogens is 2. The number of nitrogens with zero attached hydrogens (tertiary/aromatic N) is 3. The van der Waals surface area contributed by atoms with E-state index in [1.165, 1.54) is 38.5 Å². The summed E-state index contributed by atoms with van der Waals surface area (Å²) in [5.74, 6) is 1.60. The third-order valence-corrected chi connectivity index (χ3v) is 4.00. The Balaban J connectivity index is 2.15. The lowest BCUT2D eigenvalue weighted by Gasteiger charge is -2.32. The van der Waals surface area contributed by atoms with Gasteiger partial charge in [0.05, 0.1) is 7.11 Å². The topological polar surface area (TPSA) is 64.3 Å². The van der Waals surface area contributed by atoms with Crippen LogP contribution in [0.4, 0.5) is 5.82 Å². The number of rotatable bonds is 6. The summed E-state index contributed by atoms with van der Waals surface area (Å²) in [6.45, 7) is 1.67. The average molecular weight is 278 g/mol. The summed E-state index contributed by atoms with van der Waals surface area (Å²) >= 11 is 0. The number of ether oxygens (including phenoxy) is 1. The molecule has 0 saturated heterocycles. The predicted octanol–water partition coefficient (Wildman–Crippen LogP) is 2.36. The van der Waals surface area contributed by atoms with Crippen molar-refractivity contribution in [2.45, 2.75) is 51.0 Å². The van der Waals surface area contributed by atoms with Crippen molar-refractivity contribution in [1.29, 1.82) is 0 Å². The number of nitrogens with two attached hydrogens (primary N) is 1. The van der Waals surface area contributed by atoms with Gasteiger partial charge >= 0.3 is 0 Å². The van der Waals surface area contributed by atoms with Crippen LogP contribution < -0.4 is 15.4 Å². The molecule has 2 rings (SSSR count). The zero-order valence-corrected chi connectivity index (χ0v) is 12.4. The van der Waals surface area contributed by atoms with Crippen molar-refractivity contribution in [1.82, 2.24) is 9.97 Å². The van der Waals surface area contributed by atoms with Crippen molar-refractivity contribution in [2.24, 2.45) is 5.73 Å². The van der Waals surface area contributed by atoms with E-state index in [-0.39, 0.29) is 0 Å². The van der Waals surface area contributed by atoms with E-state index in [2.05, 4.69) is 14.9 Å². The maximum absolute atomic E-state index is 5.69. The van der Waals surface area contributed by atoms with Gasteiger partial charge in [0.2, 0.25) is 5.88 Å². The molecule has 0 aliphatic heterocycles. The molecule has 1 saturated carbocycles. The predicted molar refractivity (Wildman–Crippen MR) is 81.1 cm³/mol. The highest BCUT2D eigenvalue weighted by molar-refractivity contribution is 5.42. The second-order valence-electron chi connectivity index (χ2n) is 5.40. The summed E-state index contributed by atoms with van der Waals surface area (Å²) in [5.41, 5.74) is 5.69. The summed E-state index contributed by atoms with van der Waals surface area (Å²) in [4.78, 5) is 10.9. The van der Waals surface area contributed by atoms with Crippen molar-refractivity contribution in [3.63, 3.8) is 0 Å². The minimum atomic E-state index is 0.573. The van der Waals surface area contributed by atoms with Crippen molar-refractivity contribution in [3.8, 4) is 5.88 Å². The Labute approximate surface area is 121 Å². The number of hydrogen-bond donors (Lipinski definition) is 1. The van der Waals surface area contributed by atoms with Crippen LogP contribution in [0.15, 0.2) is 12.4 Å². The van der Waals surface area contributed by atoms with Crippen LogP contribution in [-0.2, 0) is 0 Å². The zero-order valence-electron chi connectivity index (χ0n) is 12.4. The molecular weight excluding hydrogens is 252 g/mol.